The molecule has 4 nitrogen and oxygen atoms in total. The summed E-state index contributed by atoms with van der Waals surface area (Å²) in [6.45, 7) is 0. The van der Waals surface area contributed by atoms with Crippen molar-refractivity contribution in [3.8, 4) is 5.75 Å². The lowest BCUT2D eigenvalue weighted by Gasteiger charge is -2.14. The van der Waals surface area contributed by atoms with E-state index in [0.29, 0.717) is 11.0 Å². The molecule has 3 aliphatic carbocycles. The van der Waals surface area contributed by atoms with Crippen molar-refractivity contribution < 1.29 is 9.90 Å². The second-order valence-electron chi connectivity index (χ2n) is 6.71. The summed E-state index contributed by atoms with van der Waals surface area (Å²) in [7, 11) is 0. The maximum atomic E-state index is 12.3. The van der Waals surface area contributed by atoms with Crippen LogP contribution in [0, 0.1) is 23.2 Å². The fraction of sp³-hybridized carbons (Fsp3) is 0.529. The van der Waals surface area contributed by atoms with Gasteiger partial charge >= 0.3 is 0 Å². The highest BCUT2D eigenvalue weighted by molar-refractivity contribution is 5.87. The summed E-state index contributed by atoms with van der Waals surface area (Å²) < 4.78 is 0. The van der Waals surface area contributed by atoms with Gasteiger partial charge in [0.15, 0.2) is 0 Å². The van der Waals surface area contributed by atoms with E-state index in [1.54, 1.807) is 18.2 Å². The molecule has 0 heterocycles. The van der Waals surface area contributed by atoms with E-state index in [-0.39, 0.29) is 17.6 Å². The largest absolute Gasteiger partial charge is 0.507 e. The van der Waals surface area contributed by atoms with E-state index in [1.807, 2.05) is 6.07 Å². The molecule has 3 saturated carbocycles. The fourth-order valence-electron chi connectivity index (χ4n) is 3.95. The fourth-order valence-corrected chi connectivity index (χ4v) is 3.95. The predicted octanol–water partition coefficient (Wildman–Crippen LogP) is 2.67. The molecule has 0 unspecified atom stereocenters. The summed E-state index contributed by atoms with van der Waals surface area (Å²) in [6.07, 6.45) is 7.79. The van der Waals surface area contributed by atoms with Gasteiger partial charge in [0.05, 0.1) is 6.21 Å². The van der Waals surface area contributed by atoms with E-state index in [0.717, 1.165) is 18.3 Å². The summed E-state index contributed by atoms with van der Waals surface area (Å²) in [6, 6.07) is 6.96. The Morgan fingerprint density at radius 2 is 1.90 bits per heavy atom. The third-order valence-corrected chi connectivity index (χ3v) is 5.35. The number of phenolic OH excluding ortho intramolecular Hbond substituents is 1. The lowest BCUT2D eigenvalue weighted by molar-refractivity contribution is -0.123. The average molecular weight is 284 g/mol. The third kappa shape index (κ3) is 2.23. The smallest absolute Gasteiger partial charge is 0.243 e. The van der Waals surface area contributed by atoms with Gasteiger partial charge in [-0.2, -0.15) is 5.10 Å². The Morgan fingerprint density at radius 3 is 2.52 bits per heavy atom. The summed E-state index contributed by atoms with van der Waals surface area (Å²) in [5.41, 5.74) is 3.60. The maximum Gasteiger partial charge on any atom is 0.243 e. The van der Waals surface area contributed by atoms with Crippen molar-refractivity contribution in [1.82, 2.24) is 5.43 Å². The number of nitrogens with one attached hydrogen (secondary N) is 1. The van der Waals surface area contributed by atoms with Crippen molar-refractivity contribution >= 4 is 12.1 Å². The minimum Gasteiger partial charge on any atom is -0.507 e. The summed E-state index contributed by atoms with van der Waals surface area (Å²) in [4.78, 5) is 12.3. The number of nitrogens with zero attached hydrogens (tertiary/aromatic N) is 1. The van der Waals surface area contributed by atoms with E-state index < -0.39 is 0 Å². The van der Waals surface area contributed by atoms with Gasteiger partial charge in [-0.15, -0.1) is 0 Å². The zero-order chi connectivity index (χ0) is 14.4. The predicted molar refractivity (Wildman–Crippen MR) is 79.8 cm³/mol. The van der Waals surface area contributed by atoms with Crippen LogP contribution in [0.15, 0.2) is 29.4 Å². The van der Waals surface area contributed by atoms with Gasteiger partial charge in [0, 0.05) is 11.5 Å². The Kier molecular flexibility index (Phi) is 2.81. The first-order chi connectivity index (χ1) is 10.2. The Bertz CT molecular complexity index is 591. The van der Waals surface area contributed by atoms with Crippen molar-refractivity contribution in [2.45, 2.75) is 32.1 Å². The molecule has 0 aliphatic heterocycles. The molecule has 4 heteroatoms. The monoisotopic (exact) mass is 284 g/mol. The van der Waals surface area contributed by atoms with Crippen LogP contribution in [-0.4, -0.2) is 17.2 Å². The van der Waals surface area contributed by atoms with Crippen LogP contribution in [-0.2, 0) is 4.79 Å². The molecule has 110 valence electrons. The maximum absolute atomic E-state index is 12.3. The first-order valence-corrected chi connectivity index (χ1v) is 7.83. The molecule has 1 aromatic carbocycles. The zero-order valence-corrected chi connectivity index (χ0v) is 12.0. The van der Waals surface area contributed by atoms with Crippen LogP contribution in [0.25, 0.3) is 0 Å². The van der Waals surface area contributed by atoms with Gasteiger partial charge in [0.25, 0.3) is 0 Å². The van der Waals surface area contributed by atoms with Gasteiger partial charge in [-0.1, -0.05) is 12.1 Å². The Hall–Kier alpha value is -1.84. The zero-order valence-electron chi connectivity index (χ0n) is 12.0. The summed E-state index contributed by atoms with van der Waals surface area (Å²) >= 11 is 0. The molecule has 0 spiro atoms. The van der Waals surface area contributed by atoms with Crippen LogP contribution in [0.1, 0.15) is 37.7 Å². The Labute approximate surface area is 124 Å². The molecular formula is C17H20N2O2. The summed E-state index contributed by atoms with van der Waals surface area (Å²) in [5, 5.41) is 13.6. The number of carbonyl (C=O) groups excluding carboxylic acids is 1. The number of hydrogen-bond donors (Lipinski definition) is 2. The molecule has 2 N–H and O–H groups in total. The van der Waals surface area contributed by atoms with Crippen molar-refractivity contribution in [1.29, 1.82) is 0 Å². The van der Waals surface area contributed by atoms with Crippen molar-refractivity contribution in [3.63, 3.8) is 0 Å². The molecule has 0 aromatic heterocycles. The average Bonchev–Trinajstić information content (AvgIpc) is 3.34. The van der Waals surface area contributed by atoms with E-state index in [9.17, 15) is 9.90 Å². The second-order valence-corrected chi connectivity index (χ2v) is 6.71. The molecule has 0 radical (unpaired) electrons. The molecule has 4 rings (SSSR count). The highest BCUT2D eigenvalue weighted by Crippen LogP contribution is 2.74. The van der Waals surface area contributed by atoms with Gasteiger partial charge in [0.2, 0.25) is 5.91 Å². The van der Waals surface area contributed by atoms with E-state index in [2.05, 4.69) is 10.5 Å². The highest BCUT2D eigenvalue weighted by atomic mass is 16.3. The quantitative estimate of drug-likeness (QED) is 0.645. The van der Waals surface area contributed by atoms with E-state index >= 15 is 0 Å². The van der Waals surface area contributed by atoms with Crippen LogP contribution in [0.3, 0.4) is 0 Å². The van der Waals surface area contributed by atoms with Gasteiger partial charge in [0.1, 0.15) is 5.75 Å². The summed E-state index contributed by atoms with van der Waals surface area (Å²) in [5.74, 6) is 1.98. The Balaban J connectivity index is 1.38. The van der Waals surface area contributed by atoms with Crippen LogP contribution in [0.5, 0.6) is 5.75 Å². The van der Waals surface area contributed by atoms with Crippen LogP contribution in [0.4, 0.5) is 0 Å². The normalized spacial score (nSPS) is 26.8. The van der Waals surface area contributed by atoms with Crippen molar-refractivity contribution in [2.75, 3.05) is 0 Å². The van der Waals surface area contributed by atoms with Gasteiger partial charge in [-0.3, -0.25) is 4.79 Å². The minimum absolute atomic E-state index is 0.0560. The lowest BCUT2D eigenvalue weighted by Crippen LogP contribution is -2.25. The van der Waals surface area contributed by atoms with Gasteiger partial charge in [-0.25, -0.2) is 5.43 Å². The molecule has 0 bridgehead atoms. The SMILES string of the molecule is O=C(NN=Cc1ccccc1O)[C@H]1CC1(C1CC1)C1CC1. The number of amides is 1. The number of phenols is 1. The third-order valence-electron chi connectivity index (χ3n) is 5.35. The van der Waals surface area contributed by atoms with E-state index in [4.69, 9.17) is 0 Å². The number of aromatic hydroxyl groups is 1. The second kappa shape index (κ2) is 4.58. The first-order valence-electron chi connectivity index (χ1n) is 7.83. The number of rotatable bonds is 5. The lowest BCUT2D eigenvalue weighted by atomic mass is 9.91. The van der Waals surface area contributed by atoms with Gasteiger partial charge < -0.3 is 5.11 Å². The molecule has 1 atom stereocenters. The molecular weight excluding hydrogens is 264 g/mol. The molecule has 21 heavy (non-hydrogen) atoms. The molecule has 1 amide bonds. The standard InChI is InChI=1S/C17H20N2O2/c20-15-4-2-1-3-11(15)10-18-19-16(21)14-9-17(14,12-5-6-12)13-7-8-13/h1-4,10,12-14,20H,5-9H2,(H,19,21)/t14-/m1/s1. The number of para-hydroxylation sites is 1. The number of hydrazone groups is 1. The number of carbonyl (C=O) groups is 1. The molecule has 3 fully saturated rings. The molecule has 3 aliphatic rings. The van der Waals surface area contributed by atoms with Crippen LogP contribution in [0.2, 0.25) is 0 Å². The first kappa shape index (κ1) is 12.9. The topological polar surface area (TPSA) is 61.7 Å². The van der Waals surface area contributed by atoms with Crippen molar-refractivity contribution in [2.24, 2.45) is 28.3 Å². The molecule has 0 saturated heterocycles. The van der Waals surface area contributed by atoms with Crippen LogP contribution >= 0.6 is 0 Å². The number of hydrogen-bond acceptors (Lipinski definition) is 3. The number of benzene rings is 1. The van der Waals surface area contributed by atoms with E-state index in [1.165, 1.54) is 31.9 Å². The molecule has 1 aromatic rings. The van der Waals surface area contributed by atoms with Gasteiger partial charge in [-0.05, 0) is 61.5 Å². The Morgan fingerprint density at radius 1 is 1.24 bits per heavy atom. The van der Waals surface area contributed by atoms with Crippen LogP contribution < -0.4 is 5.43 Å². The highest BCUT2D eigenvalue weighted by Gasteiger charge is 2.70. The minimum atomic E-state index is 0.0560. The van der Waals surface area contributed by atoms with Crippen molar-refractivity contribution in [3.05, 3.63) is 29.8 Å².